The van der Waals surface area contributed by atoms with E-state index in [9.17, 15) is 14.7 Å². The van der Waals surface area contributed by atoms with Gasteiger partial charge in [0.05, 0.1) is 12.0 Å². The lowest BCUT2D eigenvalue weighted by molar-refractivity contribution is -0.135. The number of carboxylic acids is 1. The summed E-state index contributed by atoms with van der Waals surface area (Å²) in [5.74, 6) is -0.668. The van der Waals surface area contributed by atoms with Crippen molar-refractivity contribution in [1.82, 2.24) is 10.3 Å². The van der Waals surface area contributed by atoms with Gasteiger partial charge in [-0.1, -0.05) is 26.0 Å². The summed E-state index contributed by atoms with van der Waals surface area (Å²) >= 11 is 0. The normalized spacial score (nSPS) is 10.8. The molecule has 3 rings (SSSR count). The molecule has 0 bridgehead atoms. The summed E-state index contributed by atoms with van der Waals surface area (Å²) in [4.78, 5) is 27.1. The topological polar surface area (TPSA) is 118 Å². The Balaban J connectivity index is 1.97. The lowest BCUT2D eigenvalue weighted by atomic mass is 10.0. The molecule has 8 nitrogen and oxygen atoms in total. The number of carbonyl (C=O) groups excluding carboxylic acids is 1. The van der Waals surface area contributed by atoms with Crippen LogP contribution < -0.4 is 14.8 Å². The average molecular weight is 424 g/mol. The van der Waals surface area contributed by atoms with Crippen LogP contribution in [-0.2, 0) is 4.79 Å². The van der Waals surface area contributed by atoms with Crippen LogP contribution in [0.3, 0.4) is 0 Å². The number of aliphatic carboxylic acids is 1. The molecule has 2 aromatic carbocycles. The van der Waals surface area contributed by atoms with E-state index in [0.717, 1.165) is 0 Å². The predicted octanol–water partition coefficient (Wildman–Crippen LogP) is 4.07. The van der Waals surface area contributed by atoms with Crippen LogP contribution in [0.5, 0.6) is 23.1 Å². The van der Waals surface area contributed by atoms with Crippen LogP contribution in [0.4, 0.5) is 0 Å². The second-order valence-electron chi connectivity index (χ2n) is 7.16. The van der Waals surface area contributed by atoms with Crippen LogP contribution in [0.15, 0.2) is 42.5 Å². The molecule has 0 spiro atoms. The van der Waals surface area contributed by atoms with Gasteiger partial charge < -0.3 is 25.0 Å². The molecule has 0 saturated heterocycles. The number of hydrogen-bond donors (Lipinski definition) is 3. The molecule has 1 aromatic heterocycles. The number of carbonyl (C=O) groups is 2. The maximum Gasteiger partial charge on any atom is 0.322 e. The molecule has 0 radical (unpaired) electrons. The van der Waals surface area contributed by atoms with Crippen LogP contribution in [-0.4, -0.2) is 40.2 Å². The van der Waals surface area contributed by atoms with Gasteiger partial charge >= 0.3 is 5.97 Å². The second kappa shape index (κ2) is 9.34. The third kappa shape index (κ3) is 5.03. The molecule has 0 aliphatic rings. The van der Waals surface area contributed by atoms with Crippen molar-refractivity contribution in [3.8, 4) is 23.1 Å². The average Bonchev–Trinajstić information content (AvgIpc) is 2.74. The number of aromatic nitrogens is 1. The van der Waals surface area contributed by atoms with Gasteiger partial charge in [0, 0.05) is 5.39 Å². The quantitative estimate of drug-likeness (QED) is 0.499. The number of benzene rings is 2. The molecule has 162 valence electrons. The van der Waals surface area contributed by atoms with Crippen molar-refractivity contribution in [2.45, 2.75) is 26.7 Å². The van der Waals surface area contributed by atoms with Crippen LogP contribution in [0, 0.1) is 0 Å². The lowest BCUT2D eigenvalue weighted by Crippen LogP contribution is -2.30. The van der Waals surface area contributed by atoms with Crippen LogP contribution in [0.1, 0.15) is 42.7 Å². The van der Waals surface area contributed by atoms with Crippen molar-refractivity contribution in [2.24, 2.45) is 0 Å². The Kier molecular flexibility index (Phi) is 6.59. The minimum Gasteiger partial charge on any atom is -0.505 e. The van der Waals surface area contributed by atoms with E-state index >= 15 is 0 Å². The van der Waals surface area contributed by atoms with E-state index in [-0.39, 0.29) is 23.9 Å². The van der Waals surface area contributed by atoms with E-state index < -0.39 is 18.4 Å². The Morgan fingerprint density at radius 2 is 1.74 bits per heavy atom. The Morgan fingerprint density at radius 1 is 1.06 bits per heavy atom. The first kappa shape index (κ1) is 21.9. The molecular formula is C23H24N2O6. The smallest absolute Gasteiger partial charge is 0.322 e. The zero-order valence-electron chi connectivity index (χ0n) is 17.5. The Morgan fingerprint density at radius 3 is 2.35 bits per heavy atom. The Bertz CT molecular complexity index is 1110. The molecular weight excluding hydrogens is 400 g/mol. The van der Waals surface area contributed by atoms with Crippen molar-refractivity contribution in [2.75, 3.05) is 13.2 Å². The fourth-order valence-corrected chi connectivity index (χ4v) is 3.01. The van der Waals surface area contributed by atoms with Crippen molar-refractivity contribution < 1.29 is 29.3 Å². The van der Waals surface area contributed by atoms with Gasteiger partial charge in [-0.25, -0.2) is 4.98 Å². The highest BCUT2D eigenvalue weighted by Crippen LogP contribution is 2.37. The lowest BCUT2D eigenvalue weighted by Gasteiger charge is -2.14. The number of pyridine rings is 1. The zero-order valence-corrected chi connectivity index (χ0v) is 17.5. The van der Waals surface area contributed by atoms with Gasteiger partial charge in [0.15, 0.2) is 11.4 Å². The second-order valence-corrected chi connectivity index (χ2v) is 7.16. The molecule has 1 amide bonds. The van der Waals surface area contributed by atoms with Gasteiger partial charge in [0.1, 0.15) is 18.0 Å². The van der Waals surface area contributed by atoms with E-state index in [1.54, 1.807) is 25.1 Å². The van der Waals surface area contributed by atoms with E-state index in [1.807, 2.05) is 24.3 Å². The Labute approximate surface area is 179 Å². The van der Waals surface area contributed by atoms with E-state index in [4.69, 9.17) is 14.6 Å². The first-order valence-electron chi connectivity index (χ1n) is 9.87. The molecule has 0 atom stereocenters. The van der Waals surface area contributed by atoms with Gasteiger partial charge in [0.2, 0.25) is 5.88 Å². The number of fused-ring (bicyclic) bond motifs is 1. The highest BCUT2D eigenvalue weighted by Gasteiger charge is 2.21. The van der Waals surface area contributed by atoms with Gasteiger partial charge in [-0.2, -0.15) is 0 Å². The van der Waals surface area contributed by atoms with Gasteiger partial charge in [-0.3, -0.25) is 9.59 Å². The molecule has 8 heteroatoms. The van der Waals surface area contributed by atoms with Crippen LogP contribution in [0.2, 0.25) is 0 Å². The maximum absolute atomic E-state index is 12.3. The number of ether oxygens (including phenoxy) is 2. The molecule has 1 heterocycles. The minimum absolute atomic E-state index is 0.136. The summed E-state index contributed by atoms with van der Waals surface area (Å²) in [6.45, 7) is 5.69. The summed E-state index contributed by atoms with van der Waals surface area (Å²) in [5.41, 5.74) is 0.891. The van der Waals surface area contributed by atoms with E-state index in [2.05, 4.69) is 24.1 Å². The summed E-state index contributed by atoms with van der Waals surface area (Å²) in [5, 5.41) is 22.3. The monoisotopic (exact) mass is 424 g/mol. The molecule has 0 aliphatic carbocycles. The SMILES string of the molecule is CCOc1nc(C(=O)NCC(=O)O)c(O)c2ccc(Oc3ccc(C(C)C)cc3)cc12. The molecule has 0 fully saturated rings. The number of nitrogens with one attached hydrogen (secondary N) is 1. The standard InChI is InChI=1S/C23H24N2O6/c1-4-30-23-18-11-16(31-15-7-5-14(6-8-15)13(2)3)9-10-17(18)21(28)20(25-23)22(29)24-12-19(26)27/h5-11,13,28H,4,12H2,1-3H3,(H,24,29)(H,26,27). The number of rotatable bonds is 8. The van der Waals surface area contributed by atoms with Crippen molar-refractivity contribution in [1.29, 1.82) is 0 Å². The fraction of sp³-hybridized carbons (Fsp3) is 0.261. The maximum atomic E-state index is 12.3. The summed E-state index contributed by atoms with van der Waals surface area (Å²) in [6, 6.07) is 12.7. The largest absolute Gasteiger partial charge is 0.505 e. The molecule has 31 heavy (non-hydrogen) atoms. The molecule has 3 aromatic rings. The molecule has 0 unspecified atom stereocenters. The highest BCUT2D eigenvalue weighted by molar-refractivity contribution is 6.04. The Hall–Kier alpha value is -3.81. The molecule has 3 N–H and O–H groups in total. The van der Waals surface area contributed by atoms with Gasteiger partial charge in [-0.15, -0.1) is 0 Å². The number of nitrogens with zero attached hydrogens (tertiary/aromatic N) is 1. The van der Waals surface area contributed by atoms with E-state index in [0.29, 0.717) is 28.2 Å². The van der Waals surface area contributed by atoms with Crippen molar-refractivity contribution in [3.63, 3.8) is 0 Å². The zero-order chi connectivity index (χ0) is 22.5. The summed E-state index contributed by atoms with van der Waals surface area (Å²) < 4.78 is 11.5. The van der Waals surface area contributed by atoms with Gasteiger partial charge in [-0.05, 0) is 48.7 Å². The van der Waals surface area contributed by atoms with Crippen LogP contribution >= 0.6 is 0 Å². The number of aromatic hydroxyl groups is 1. The first-order valence-corrected chi connectivity index (χ1v) is 9.87. The number of amides is 1. The van der Waals surface area contributed by atoms with E-state index in [1.165, 1.54) is 5.56 Å². The summed E-state index contributed by atoms with van der Waals surface area (Å²) in [7, 11) is 0. The van der Waals surface area contributed by atoms with Gasteiger partial charge in [0.25, 0.3) is 5.91 Å². The third-order valence-electron chi connectivity index (χ3n) is 4.59. The first-order chi connectivity index (χ1) is 14.8. The number of carboxylic acid groups (broad SMARTS) is 1. The predicted molar refractivity (Wildman–Crippen MR) is 115 cm³/mol. The van der Waals surface area contributed by atoms with Crippen molar-refractivity contribution in [3.05, 3.63) is 53.7 Å². The fourth-order valence-electron chi connectivity index (χ4n) is 3.01. The molecule has 0 aliphatic heterocycles. The summed E-state index contributed by atoms with van der Waals surface area (Å²) in [6.07, 6.45) is 0. The van der Waals surface area contributed by atoms with Crippen LogP contribution in [0.25, 0.3) is 10.8 Å². The highest BCUT2D eigenvalue weighted by atomic mass is 16.5. The number of hydrogen-bond acceptors (Lipinski definition) is 6. The molecule has 0 saturated carbocycles. The minimum atomic E-state index is -1.21. The third-order valence-corrected chi connectivity index (χ3v) is 4.59. The van der Waals surface area contributed by atoms with Crippen molar-refractivity contribution >= 4 is 22.6 Å².